The topological polar surface area (TPSA) is 42.3 Å². The number of benzene rings is 3. The van der Waals surface area contributed by atoms with Crippen LogP contribution in [-0.4, -0.2) is 15.6 Å². The van der Waals surface area contributed by atoms with Gasteiger partial charge >= 0.3 is 0 Å². The number of ether oxygens (including phenoxy) is 1. The number of nitrogens with zero attached hydrogens (tertiary/aromatic N) is 3. The average Bonchev–Trinajstić information content (AvgIpc) is 3.48. The van der Waals surface area contributed by atoms with Crippen molar-refractivity contribution >= 4 is 27.5 Å². The van der Waals surface area contributed by atoms with Gasteiger partial charge in [-0.1, -0.05) is 59.7 Å². The van der Waals surface area contributed by atoms with Gasteiger partial charge in [0, 0.05) is 41.3 Å². The van der Waals surface area contributed by atoms with Crippen molar-refractivity contribution in [2.24, 2.45) is 0 Å². The minimum absolute atomic E-state index is 0.0245. The van der Waals surface area contributed by atoms with Gasteiger partial charge in [0.1, 0.15) is 17.3 Å². The lowest BCUT2D eigenvalue weighted by atomic mass is 9.86. The second-order valence-electron chi connectivity index (χ2n) is 12.9. The van der Waals surface area contributed by atoms with Crippen molar-refractivity contribution in [2.75, 3.05) is 5.01 Å². The summed E-state index contributed by atoms with van der Waals surface area (Å²) in [6.45, 7) is 15.5. The van der Waals surface area contributed by atoms with Crippen LogP contribution in [-0.2, 0) is 10.8 Å². The molecule has 40 heavy (non-hydrogen) atoms. The summed E-state index contributed by atoms with van der Waals surface area (Å²) < 4.78 is 8.86. The van der Waals surface area contributed by atoms with E-state index in [-0.39, 0.29) is 16.9 Å². The summed E-state index contributed by atoms with van der Waals surface area (Å²) in [6.07, 6.45) is 6.15. The van der Waals surface area contributed by atoms with Gasteiger partial charge < -0.3 is 4.74 Å². The highest BCUT2D eigenvalue weighted by Gasteiger charge is 2.21. The van der Waals surface area contributed by atoms with Crippen molar-refractivity contribution in [3.8, 4) is 17.3 Å². The molecule has 1 atom stereocenters. The van der Waals surface area contributed by atoms with E-state index in [1.165, 1.54) is 21.9 Å². The second-order valence-corrected chi connectivity index (χ2v) is 12.9. The van der Waals surface area contributed by atoms with Gasteiger partial charge in [0.15, 0.2) is 0 Å². The van der Waals surface area contributed by atoms with E-state index in [1.807, 2.05) is 6.20 Å². The van der Waals surface area contributed by atoms with Crippen molar-refractivity contribution in [2.45, 2.75) is 65.3 Å². The smallest absolute Gasteiger partial charge is 0.137 e. The zero-order valence-corrected chi connectivity index (χ0v) is 24.5. The molecule has 0 saturated carbocycles. The van der Waals surface area contributed by atoms with Crippen LogP contribution < -0.4 is 15.2 Å². The van der Waals surface area contributed by atoms with Gasteiger partial charge in [-0.2, -0.15) is 0 Å². The van der Waals surface area contributed by atoms with Crippen molar-refractivity contribution in [1.29, 1.82) is 0 Å². The summed E-state index contributed by atoms with van der Waals surface area (Å²) >= 11 is 0. The van der Waals surface area contributed by atoms with Crippen LogP contribution in [0.5, 0.6) is 11.5 Å². The van der Waals surface area contributed by atoms with Crippen LogP contribution >= 0.6 is 0 Å². The first-order valence-electron chi connectivity index (χ1n) is 14.0. The summed E-state index contributed by atoms with van der Waals surface area (Å²) in [5.41, 5.74) is 9.20. The molecular weight excluding hydrogens is 492 g/mol. The molecule has 0 fully saturated rings. The fourth-order valence-electron chi connectivity index (χ4n) is 5.30. The Morgan fingerprint density at radius 3 is 2.23 bits per heavy atom. The summed E-state index contributed by atoms with van der Waals surface area (Å²) in [7, 11) is 0. The second kappa shape index (κ2) is 9.53. The van der Waals surface area contributed by atoms with Crippen molar-refractivity contribution in [3.05, 3.63) is 102 Å². The lowest BCUT2D eigenvalue weighted by Gasteiger charge is -2.25. The van der Waals surface area contributed by atoms with Crippen LogP contribution in [0.4, 0.5) is 5.69 Å². The van der Waals surface area contributed by atoms with Gasteiger partial charge in [-0.3, -0.25) is 9.58 Å². The van der Waals surface area contributed by atoms with Gasteiger partial charge in [-0.25, -0.2) is 10.4 Å². The van der Waals surface area contributed by atoms with Crippen molar-refractivity contribution < 1.29 is 4.74 Å². The van der Waals surface area contributed by atoms with Crippen LogP contribution in [0.2, 0.25) is 0 Å². The number of hydrazine groups is 1. The fourth-order valence-corrected chi connectivity index (χ4v) is 5.30. The van der Waals surface area contributed by atoms with E-state index in [0.717, 1.165) is 34.0 Å². The third-order valence-corrected chi connectivity index (χ3v) is 7.62. The lowest BCUT2D eigenvalue weighted by Crippen LogP contribution is -2.33. The minimum Gasteiger partial charge on any atom is -0.457 e. The highest BCUT2D eigenvalue weighted by Crippen LogP contribution is 2.38. The number of hydrogen-bond donors (Lipinski definition) is 1. The van der Waals surface area contributed by atoms with Crippen LogP contribution in [0, 0.1) is 0 Å². The molecule has 2 aromatic heterocycles. The number of aromatic nitrogens is 2. The van der Waals surface area contributed by atoms with Crippen LogP contribution in [0.25, 0.3) is 27.6 Å². The van der Waals surface area contributed by atoms with Gasteiger partial charge in [0.05, 0.1) is 16.7 Å². The molecule has 6 rings (SSSR count). The molecule has 0 amide bonds. The number of pyridine rings is 1. The first kappa shape index (κ1) is 26.1. The van der Waals surface area contributed by atoms with E-state index < -0.39 is 0 Å². The molecule has 0 saturated heterocycles. The monoisotopic (exact) mass is 530 g/mol. The number of anilines is 1. The summed E-state index contributed by atoms with van der Waals surface area (Å²) in [5.74, 6) is 2.51. The number of para-hydroxylation sites is 1. The number of rotatable bonds is 4. The van der Waals surface area contributed by atoms with E-state index in [4.69, 9.17) is 9.72 Å². The summed E-state index contributed by atoms with van der Waals surface area (Å²) in [4.78, 5) is 4.81. The maximum atomic E-state index is 6.60. The molecule has 0 bridgehead atoms. The Morgan fingerprint density at radius 1 is 0.750 bits per heavy atom. The predicted molar refractivity (Wildman–Crippen MR) is 167 cm³/mol. The first-order valence-corrected chi connectivity index (χ1v) is 14.0. The molecule has 0 spiro atoms. The molecule has 1 aliphatic rings. The van der Waals surface area contributed by atoms with Gasteiger partial charge in [0.25, 0.3) is 0 Å². The third kappa shape index (κ3) is 4.86. The highest BCUT2D eigenvalue weighted by molar-refractivity contribution is 6.09. The number of fused-ring (bicyclic) bond motifs is 3. The minimum atomic E-state index is -0.0245. The maximum absolute atomic E-state index is 6.60. The molecule has 3 heterocycles. The van der Waals surface area contributed by atoms with E-state index in [9.17, 15) is 0 Å². The van der Waals surface area contributed by atoms with Crippen molar-refractivity contribution in [1.82, 2.24) is 15.0 Å². The molecule has 1 N–H and O–H groups in total. The van der Waals surface area contributed by atoms with Gasteiger partial charge in [-0.05, 0) is 77.4 Å². The third-order valence-electron chi connectivity index (χ3n) is 7.62. The molecule has 0 aliphatic carbocycles. The largest absolute Gasteiger partial charge is 0.457 e. The Balaban J connectivity index is 1.47. The van der Waals surface area contributed by atoms with E-state index in [0.29, 0.717) is 0 Å². The first-order chi connectivity index (χ1) is 19.0. The molecule has 5 nitrogen and oxygen atoms in total. The van der Waals surface area contributed by atoms with Crippen LogP contribution in [0.1, 0.15) is 59.6 Å². The molecule has 3 aromatic carbocycles. The molecule has 1 aliphatic heterocycles. The molecule has 5 aromatic rings. The Labute approximate surface area is 237 Å². The zero-order valence-electron chi connectivity index (χ0n) is 24.5. The molecule has 0 radical (unpaired) electrons. The fraction of sp³-hybridized carbons (Fsp3) is 0.286. The summed E-state index contributed by atoms with van der Waals surface area (Å²) in [6, 6.07) is 26.0. The molecule has 5 heteroatoms. The molecule has 204 valence electrons. The van der Waals surface area contributed by atoms with Gasteiger partial charge in [-0.15, -0.1) is 0 Å². The maximum Gasteiger partial charge on any atom is 0.137 e. The molecular formula is C35H38N4O. The van der Waals surface area contributed by atoms with Crippen LogP contribution in [0.3, 0.4) is 0 Å². The Bertz CT molecular complexity index is 1750. The zero-order chi connectivity index (χ0) is 28.2. The Hall–Kier alpha value is -4.09. The normalized spacial score (nSPS) is 15.9. The summed E-state index contributed by atoms with van der Waals surface area (Å²) in [5, 5.41) is 4.45. The van der Waals surface area contributed by atoms with Gasteiger partial charge in [0.2, 0.25) is 0 Å². The highest BCUT2D eigenvalue weighted by atomic mass is 16.5. The predicted octanol–water partition coefficient (Wildman–Crippen LogP) is 8.79. The quantitative estimate of drug-likeness (QED) is 0.252. The van der Waals surface area contributed by atoms with E-state index in [2.05, 4.69) is 149 Å². The number of nitrogens with one attached hydrogen (secondary N) is 1. The van der Waals surface area contributed by atoms with Crippen molar-refractivity contribution in [3.63, 3.8) is 0 Å². The standard InChI is InChI=1S/C35H38N4O/c1-23-15-17-38(37-23)26-18-25(35(5,6)7)19-28(21-26)40-27-12-13-30-29-10-8-9-11-31(29)39(32(30)22-27)33-20-24(14-16-36-33)34(2,3)4/h8-23,37H,1-7H3. The van der Waals surface area contributed by atoms with E-state index >= 15 is 0 Å². The van der Waals surface area contributed by atoms with E-state index in [1.54, 1.807) is 0 Å². The SMILES string of the molecule is CC1C=CN(c2cc(Oc3ccc4c5ccccc5n(-c5cc(C(C)(C)C)ccn5)c4c3)cc(C(C)(C)C)c2)N1. The number of hydrogen-bond acceptors (Lipinski definition) is 4. The lowest BCUT2D eigenvalue weighted by molar-refractivity contribution is 0.479. The Kier molecular flexibility index (Phi) is 6.23. The van der Waals surface area contributed by atoms with Crippen LogP contribution in [0.15, 0.2) is 91.3 Å². The Morgan fingerprint density at radius 2 is 1.50 bits per heavy atom. The molecule has 1 unspecified atom stereocenters. The average molecular weight is 531 g/mol.